The fourth-order valence-electron chi connectivity index (χ4n) is 4.08. The third-order valence-electron chi connectivity index (χ3n) is 5.78. The summed E-state index contributed by atoms with van der Waals surface area (Å²) in [6.45, 7) is 0. The predicted octanol–water partition coefficient (Wildman–Crippen LogP) is 3.62. The standard InChI is InChI=1S/C25H23ClN2O3/c26-21-10-8-17(9-11-21)18-6-7-19-14-25(24(30)31,15-20(19)13-18)28-23(29)22(27)12-16-4-2-1-3-5-16/h1-11,13,22H,12,14-15,27H2,(H,28,29)(H,30,31)/t22-,25?/m0/s1. The first-order chi connectivity index (χ1) is 14.9. The molecular weight excluding hydrogens is 412 g/mol. The van der Waals surface area contributed by atoms with E-state index in [1.807, 2.05) is 72.8 Å². The van der Waals surface area contributed by atoms with Gasteiger partial charge >= 0.3 is 5.97 Å². The van der Waals surface area contributed by atoms with E-state index in [1.54, 1.807) is 0 Å². The lowest BCUT2D eigenvalue weighted by Gasteiger charge is -2.27. The number of aliphatic carboxylic acids is 1. The molecule has 0 aliphatic heterocycles. The molecule has 1 aliphatic rings. The van der Waals surface area contributed by atoms with E-state index in [9.17, 15) is 14.7 Å². The molecule has 4 rings (SSSR count). The van der Waals surface area contributed by atoms with Crippen molar-refractivity contribution in [2.45, 2.75) is 30.8 Å². The molecule has 0 radical (unpaired) electrons. The van der Waals surface area contributed by atoms with Crippen LogP contribution in [-0.2, 0) is 28.9 Å². The first kappa shape index (κ1) is 21.1. The quantitative estimate of drug-likeness (QED) is 0.552. The zero-order valence-corrected chi connectivity index (χ0v) is 17.6. The number of nitrogens with two attached hydrogens (primary N) is 1. The highest BCUT2D eigenvalue weighted by Gasteiger charge is 2.46. The molecule has 0 spiro atoms. The molecule has 6 heteroatoms. The van der Waals surface area contributed by atoms with Gasteiger partial charge in [-0.1, -0.05) is 72.3 Å². The van der Waals surface area contributed by atoms with E-state index < -0.39 is 23.5 Å². The molecule has 2 atom stereocenters. The van der Waals surface area contributed by atoms with E-state index in [0.717, 1.165) is 27.8 Å². The normalized spacial score (nSPS) is 18.3. The second-order valence-corrected chi connectivity index (χ2v) is 8.45. The molecule has 0 bridgehead atoms. The first-order valence-corrected chi connectivity index (χ1v) is 10.5. The Kier molecular flexibility index (Phi) is 5.81. The minimum atomic E-state index is -1.40. The van der Waals surface area contributed by atoms with Crippen LogP contribution in [0.25, 0.3) is 11.1 Å². The van der Waals surface area contributed by atoms with Crippen LogP contribution in [0.2, 0.25) is 5.02 Å². The van der Waals surface area contributed by atoms with E-state index in [0.29, 0.717) is 11.4 Å². The van der Waals surface area contributed by atoms with Crippen LogP contribution in [0.4, 0.5) is 0 Å². The van der Waals surface area contributed by atoms with Crippen LogP contribution in [0.5, 0.6) is 0 Å². The summed E-state index contributed by atoms with van der Waals surface area (Å²) in [4.78, 5) is 25.0. The van der Waals surface area contributed by atoms with Gasteiger partial charge in [-0.05, 0) is 46.4 Å². The minimum Gasteiger partial charge on any atom is -0.479 e. The summed E-state index contributed by atoms with van der Waals surface area (Å²) >= 11 is 5.97. The van der Waals surface area contributed by atoms with E-state index in [-0.39, 0.29) is 12.8 Å². The molecule has 0 heterocycles. The summed E-state index contributed by atoms with van der Waals surface area (Å²) in [6.07, 6.45) is 0.779. The topological polar surface area (TPSA) is 92.4 Å². The molecule has 1 aliphatic carbocycles. The largest absolute Gasteiger partial charge is 0.479 e. The summed E-state index contributed by atoms with van der Waals surface area (Å²) in [5.41, 5.74) is 9.41. The summed E-state index contributed by atoms with van der Waals surface area (Å²) in [6, 6.07) is 22.0. The molecule has 0 fully saturated rings. The predicted molar refractivity (Wildman–Crippen MR) is 121 cm³/mol. The molecule has 1 amide bonds. The van der Waals surface area contributed by atoms with Crippen molar-refractivity contribution in [1.82, 2.24) is 5.32 Å². The lowest BCUT2D eigenvalue weighted by molar-refractivity contribution is -0.147. The molecule has 31 heavy (non-hydrogen) atoms. The van der Waals surface area contributed by atoms with Gasteiger partial charge in [0.25, 0.3) is 0 Å². The van der Waals surface area contributed by atoms with E-state index in [4.69, 9.17) is 17.3 Å². The monoisotopic (exact) mass is 434 g/mol. The lowest BCUT2D eigenvalue weighted by Crippen LogP contribution is -2.59. The van der Waals surface area contributed by atoms with Crippen LogP contribution in [0.15, 0.2) is 72.8 Å². The van der Waals surface area contributed by atoms with E-state index >= 15 is 0 Å². The number of hydrogen-bond acceptors (Lipinski definition) is 3. The van der Waals surface area contributed by atoms with Crippen molar-refractivity contribution < 1.29 is 14.7 Å². The SMILES string of the molecule is N[C@@H](Cc1ccccc1)C(=O)NC1(C(=O)O)Cc2ccc(-c3ccc(Cl)cc3)cc2C1. The Hall–Kier alpha value is -3.15. The fourth-order valence-corrected chi connectivity index (χ4v) is 4.21. The molecule has 1 unspecified atom stereocenters. The van der Waals surface area contributed by atoms with Crippen LogP contribution in [0.1, 0.15) is 16.7 Å². The van der Waals surface area contributed by atoms with Crippen LogP contribution in [-0.4, -0.2) is 28.6 Å². The fraction of sp³-hybridized carbons (Fsp3) is 0.200. The van der Waals surface area contributed by atoms with Crippen molar-refractivity contribution in [2.24, 2.45) is 5.73 Å². The number of carboxylic acid groups (broad SMARTS) is 1. The Balaban J connectivity index is 1.53. The van der Waals surface area contributed by atoms with Gasteiger partial charge in [0.15, 0.2) is 0 Å². The van der Waals surface area contributed by atoms with Gasteiger partial charge in [-0.25, -0.2) is 4.79 Å². The van der Waals surface area contributed by atoms with Crippen LogP contribution >= 0.6 is 11.6 Å². The van der Waals surface area contributed by atoms with Gasteiger partial charge in [0, 0.05) is 17.9 Å². The zero-order valence-electron chi connectivity index (χ0n) is 16.8. The molecule has 0 saturated carbocycles. The van der Waals surface area contributed by atoms with Gasteiger partial charge < -0.3 is 16.2 Å². The second kappa shape index (κ2) is 8.53. The molecule has 0 saturated heterocycles. The third kappa shape index (κ3) is 4.48. The maximum absolute atomic E-state index is 12.8. The highest BCUT2D eigenvalue weighted by molar-refractivity contribution is 6.30. The van der Waals surface area contributed by atoms with Crippen LogP contribution in [0.3, 0.4) is 0 Å². The van der Waals surface area contributed by atoms with Crippen molar-refractivity contribution >= 4 is 23.5 Å². The van der Waals surface area contributed by atoms with E-state index in [2.05, 4.69) is 5.32 Å². The number of carboxylic acids is 1. The summed E-state index contributed by atoms with van der Waals surface area (Å²) in [7, 11) is 0. The maximum Gasteiger partial charge on any atom is 0.330 e. The maximum atomic E-state index is 12.8. The number of amides is 1. The van der Waals surface area contributed by atoms with Gasteiger partial charge in [0.2, 0.25) is 5.91 Å². The van der Waals surface area contributed by atoms with Crippen LogP contribution in [0, 0.1) is 0 Å². The molecule has 0 aromatic heterocycles. The Morgan fingerprint density at radius 2 is 1.61 bits per heavy atom. The Morgan fingerprint density at radius 3 is 2.29 bits per heavy atom. The Morgan fingerprint density at radius 1 is 0.968 bits per heavy atom. The lowest BCUT2D eigenvalue weighted by atomic mass is 9.94. The molecule has 3 aromatic carbocycles. The summed E-state index contributed by atoms with van der Waals surface area (Å²) < 4.78 is 0. The number of carbonyl (C=O) groups is 2. The number of fused-ring (bicyclic) bond motifs is 1. The number of nitrogens with one attached hydrogen (secondary N) is 1. The minimum absolute atomic E-state index is 0.211. The zero-order chi connectivity index (χ0) is 22.0. The molecule has 158 valence electrons. The number of halogens is 1. The van der Waals surface area contributed by atoms with E-state index in [1.165, 1.54) is 0 Å². The Labute approximate surface area is 185 Å². The Bertz CT molecular complexity index is 1120. The highest BCUT2D eigenvalue weighted by Crippen LogP contribution is 2.34. The van der Waals surface area contributed by atoms with Gasteiger partial charge in [-0.15, -0.1) is 0 Å². The van der Waals surface area contributed by atoms with Crippen molar-refractivity contribution in [3.05, 3.63) is 94.5 Å². The number of carbonyl (C=O) groups excluding carboxylic acids is 1. The van der Waals surface area contributed by atoms with Crippen LogP contribution < -0.4 is 11.1 Å². The number of benzene rings is 3. The average molecular weight is 435 g/mol. The van der Waals surface area contributed by atoms with Gasteiger partial charge in [-0.3, -0.25) is 4.79 Å². The number of rotatable bonds is 6. The van der Waals surface area contributed by atoms with Crippen molar-refractivity contribution in [2.75, 3.05) is 0 Å². The highest BCUT2D eigenvalue weighted by atomic mass is 35.5. The average Bonchev–Trinajstić information content (AvgIpc) is 3.13. The number of hydrogen-bond donors (Lipinski definition) is 3. The van der Waals surface area contributed by atoms with Crippen molar-refractivity contribution in [3.8, 4) is 11.1 Å². The third-order valence-corrected chi connectivity index (χ3v) is 6.03. The summed E-state index contributed by atoms with van der Waals surface area (Å²) in [5, 5.41) is 13.4. The van der Waals surface area contributed by atoms with Gasteiger partial charge in [-0.2, -0.15) is 0 Å². The summed E-state index contributed by atoms with van der Waals surface area (Å²) in [5.74, 6) is -1.52. The van der Waals surface area contributed by atoms with Gasteiger partial charge in [0.05, 0.1) is 6.04 Å². The smallest absolute Gasteiger partial charge is 0.330 e. The second-order valence-electron chi connectivity index (χ2n) is 8.02. The molecular formula is C25H23ClN2O3. The van der Waals surface area contributed by atoms with Crippen molar-refractivity contribution in [3.63, 3.8) is 0 Å². The molecule has 5 nitrogen and oxygen atoms in total. The first-order valence-electron chi connectivity index (χ1n) is 10.1. The molecule has 3 aromatic rings. The molecule has 4 N–H and O–H groups in total. The van der Waals surface area contributed by atoms with Crippen molar-refractivity contribution in [1.29, 1.82) is 0 Å². The van der Waals surface area contributed by atoms with Gasteiger partial charge in [0.1, 0.15) is 5.54 Å².